The highest BCUT2D eigenvalue weighted by molar-refractivity contribution is 5.45. The Bertz CT molecular complexity index is 836. The summed E-state index contributed by atoms with van der Waals surface area (Å²) in [6.45, 7) is 2.81. The predicted octanol–water partition coefficient (Wildman–Crippen LogP) is 1.36. The molecular formula is C17H22N8. The Morgan fingerprint density at radius 3 is 2.56 bits per heavy atom. The van der Waals surface area contributed by atoms with Crippen LogP contribution in [0.1, 0.15) is 30.4 Å². The van der Waals surface area contributed by atoms with E-state index in [4.69, 9.17) is 0 Å². The summed E-state index contributed by atoms with van der Waals surface area (Å²) in [4.78, 5) is 13.0. The number of hydrogen-bond donors (Lipinski definition) is 0. The van der Waals surface area contributed by atoms with E-state index in [-0.39, 0.29) is 0 Å². The second-order valence-corrected chi connectivity index (χ2v) is 6.63. The number of fused-ring (bicyclic) bond motifs is 1. The van der Waals surface area contributed by atoms with Crippen molar-refractivity contribution in [1.82, 2.24) is 34.7 Å². The molecule has 8 heteroatoms. The van der Waals surface area contributed by atoms with Gasteiger partial charge in [-0.05, 0) is 44.1 Å². The Morgan fingerprint density at radius 1 is 1.08 bits per heavy atom. The molecule has 25 heavy (non-hydrogen) atoms. The zero-order valence-corrected chi connectivity index (χ0v) is 14.6. The Morgan fingerprint density at radius 2 is 1.84 bits per heavy atom. The number of hydrogen-bond acceptors (Lipinski definition) is 7. The molecule has 1 saturated heterocycles. The van der Waals surface area contributed by atoms with Crippen LogP contribution in [0, 0.1) is 0 Å². The van der Waals surface area contributed by atoms with Gasteiger partial charge in [0.15, 0.2) is 11.5 Å². The van der Waals surface area contributed by atoms with Crippen molar-refractivity contribution in [2.45, 2.75) is 25.3 Å². The topological polar surface area (TPSA) is 75.3 Å². The van der Waals surface area contributed by atoms with Gasteiger partial charge >= 0.3 is 0 Å². The predicted molar refractivity (Wildman–Crippen MR) is 94.4 cm³/mol. The first-order valence-electron chi connectivity index (χ1n) is 8.58. The number of nitrogens with zero attached hydrogens (tertiary/aromatic N) is 8. The maximum atomic E-state index is 4.68. The number of piperidine rings is 1. The van der Waals surface area contributed by atoms with Crippen LogP contribution in [0.15, 0.2) is 30.6 Å². The highest BCUT2D eigenvalue weighted by Gasteiger charge is 2.25. The Balaban J connectivity index is 1.47. The summed E-state index contributed by atoms with van der Waals surface area (Å²) in [6.07, 6.45) is 5.68. The average molecular weight is 338 g/mol. The van der Waals surface area contributed by atoms with Gasteiger partial charge in [0.2, 0.25) is 0 Å². The molecule has 0 amide bonds. The van der Waals surface area contributed by atoms with Gasteiger partial charge in [-0.15, -0.1) is 15.3 Å². The molecule has 0 aliphatic carbocycles. The smallest absolute Gasteiger partial charge is 0.178 e. The molecule has 0 atom stereocenters. The fourth-order valence-electron chi connectivity index (χ4n) is 3.25. The lowest BCUT2D eigenvalue weighted by molar-refractivity contribution is 0.196. The molecule has 0 bridgehead atoms. The van der Waals surface area contributed by atoms with Crippen molar-refractivity contribution in [2.75, 3.05) is 32.1 Å². The van der Waals surface area contributed by atoms with Crippen LogP contribution in [0.3, 0.4) is 0 Å². The lowest BCUT2D eigenvalue weighted by atomic mass is 9.96. The lowest BCUT2D eigenvalue weighted by Crippen LogP contribution is -2.33. The summed E-state index contributed by atoms with van der Waals surface area (Å²) in [7, 11) is 3.98. The first kappa shape index (κ1) is 15.9. The molecule has 0 unspecified atom stereocenters. The summed E-state index contributed by atoms with van der Waals surface area (Å²) < 4.78 is 1.90. The van der Waals surface area contributed by atoms with E-state index >= 15 is 0 Å². The fourth-order valence-corrected chi connectivity index (χ4v) is 3.25. The Labute approximate surface area is 146 Å². The first-order chi connectivity index (χ1) is 12.2. The second kappa shape index (κ2) is 6.72. The van der Waals surface area contributed by atoms with Gasteiger partial charge in [-0.3, -0.25) is 4.90 Å². The van der Waals surface area contributed by atoms with Gasteiger partial charge in [-0.2, -0.15) is 4.52 Å². The van der Waals surface area contributed by atoms with Crippen molar-refractivity contribution in [3.05, 3.63) is 42.2 Å². The van der Waals surface area contributed by atoms with Crippen molar-refractivity contribution in [3.8, 4) is 0 Å². The number of anilines is 1. The van der Waals surface area contributed by atoms with Crippen LogP contribution >= 0.6 is 0 Å². The summed E-state index contributed by atoms with van der Waals surface area (Å²) >= 11 is 0. The van der Waals surface area contributed by atoms with E-state index < -0.39 is 0 Å². The van der Waals surface area contributed by atoms with Crippen LogP contribution < -0.4 is 4.90 Å². The molecule has 1 fully saturated rings. The van der Waals surface area contributed by atoms with Crippen molar-refractivity contribution in [1.29, 1.82) is 0 Å². The molecule has 1 aliphatic rings. The number of likely N-dealkylation sites (tertiary alicyclic amines) is 1. The Kier molecular flexibility index (Phi) is 4.27. The van der Waals surface area contributed by atoms with Gasteiger partial charge in [0.25, 0.3) is 0 Å². The molecule has 0 aromatic carbocycles. The highest BCUT2D eigenvalue weighted by atomic mass is 15.4. The van der Waals surface area contributed by atoms with E-state index in [0.29, 0.717) is 5.92 Å². The van der Waals surface area contributed by atoms with Crippen LogP contribution in [0.25, 0.3) is 5.65 Å². The number of rotatable bonds is 4. The molecule has 1 aliphatic heterocycles. The van der Waals surface area contributed by atoms with Gasteiger partial charge in [-0.1, -0.05) is 0 Å². The van der Waals surface area contributed by atoms with Gasteiger partial charge in [-0.25, -0.2) is 9.97 Å². The van der Waals surface area contributed by atoms with E-state index in [1.165, 1.54) is 0 Å². The van der Waals surface area contributed by atoms with Gasteiger partial charge in [0.05, 0.1) is 6.54 Å². The van der Waals surface area contributed by atoms with Gasteiger partial charge in [0, 0.05) is 32.4 Å². The lowest BCUT2D eigenvalue weighted by Gasteiger charge is -2.30. The molecule has 0 spiro atoms. The zero-order valence-electron chi connectivity index (χ0n) is 14.6. The molecular weight excluding hydrogens is 316 g/mol. The van der Waals surface area contributed by atoms with Crippen molar-refractivity contribution in [2.24, 2.45) is 0 Å². The molecule has 8 nitrogen and oxygen atoms in total. The average Bonchev–Trinajstić information content (AvgIpc) is 3.06. The second-order valence-electron chi connectivity index (χ2n) is 6.63. The monoisotopic (exact) mass is 338 g/mol. The maximum Gasteiger partial charge on any atom is 0.178 e. The van der Waals surface area contributed by atoms with Crippen LogP contribution in [0.2, 0.25) is 0 Å². The van der Waals surface area contributed by atoms with Gasteiger partial charge < -0.3 is 4.90 Å². The summed E-state index contributed by atoms with van der Waals surface area (Å²) in [5, 5.41) is 13.4. The third-order valence-corrected chi connectivity index (χ3v) is 4.67. The van der Waals surface area contributed by atoms with E-state index in [1.807, 2.05) is 41.7 Å². The van der Waals surface area contributed by atoms with Crippen molar-refractivity contribution in [3.63, 3.8) is 0 Å². The maximum absolute atomic E-state index is 4.68. The molecule has 130 valence electrons. The van der Waals surface area contributed by atoms with Crippen LogP contribution in [-0.2, 0) is 6.54 Å². The van der Waals surface area contributed by atoms with Gasteiger partial charge in [0.1, 0.15) is 11.6 Å². The molecule has 4 heterocycles. The molecule has 0 N–H and O–H groups in total. The third kappa shape index (κ3) is 3.30. The number of aromatic nitrogens is 6. The van der Waals surface area contributed by atoms with Crippen molar-refractivity contribution < 1.29 is 0 Å². The van der Waals surface area contributed by atoms with E-state index in [0.717, 1.165) is 55.6 Å². The van der Waals surface area contributed by atoms with Crippen molar-refractivity contribution >= 4 is 11.5 Å². The minimum atomic E-state index is 0.382. The fraction of sp³-hybridized carbons (Fsp3) is 0.471. The van der Waals surface area contributed by atoms with Crippen LogP contribution in [0.5, 0.6) is 0 Å². The minimum Gasteiger partial charge on any atom is -0.361 e. The quantitative estimate of drug-likeness (QED) is 0.711. The zero-order chi connectivity index (χ0) is 17.2. The summed E-state index contributed by atoms with van der Waals surface area (Å²) in [5.41, 5.74) is 0.806. The van der Waals surface area contributed by atoms with E-state index in [9.17, 15) is 0 Å². The van der Waals surface area contributed by atoms with Crippen LogP contribution in [-0.4, -0.2) is 61.9 Å². The first-order valence-corrected chi connectivity index (χ1v) is 8.58. The molecule has 3 aromatic heterocycles. The molecule has 3 aromatic rings. The van der Waals surface area contributed by atoms with E-state index in [2.05, 4.69) is 30.2 Å². The summed E-state index contributed by atoms with van der Waals surface area (Å²) in [5.74, 6) is 3.14. The SMILES string of the molecule is CN(C)c1ccc2nnc(C3CCN(Cc4ncccn4)CC3)n2n1. The Hall–Kier alpha value is -2.61. The molecule has 4 rings (SSSR count). The molecule has 0 saturated carbocycles. The highest BCUT2D eigenvalue weighted by Crippen LogP contribution is 2.27. The molecule has 0 radical (unpaired) electrons. The normalized spacial score (nSPS) is 16.4. The summed E-state index contributed by atoms with van der Waals surface area (Å²) in [6, 6.07) is 5.79. The van der Waals surface area contributed by atoms with Crippen LogP contribution in [0.4, 0.5) is 5.82 Å². The third-order valence-electron chi connectivity index (χ3n) is 4.67. The standard InChI is InChI=1S/C17H22N8/c1-23(2)16-5-4-15-20-21-17(25(15)22-16)13-6-10-24(11-7-13)12-14-18-8-3-9-19-14/h3-5,8-9,13H,6-7,10-12H2,1-2H3. The van der Waals surface area contributed by atoms with E-state index in [1.54, 1.807) is 12.4 Å². The largest absolute Gasteiger partial charge is 0.361 e. The minimum absolute atomic E-state index is 0.382.